The van der Waals surface area contributed by atoms with Crippen LogP contribution in [-0.2, 0) is 0 Å². The van der Waals surface area contributed by atoms with Crippen LogP contribution in [0.5, 0.6) is 0 Å². The van der Waals surface area contributed by atoms with E-state index >= 15 is 0 Å². The van der Waals surface area contributed by atoms with E-state index in [0.717, 1.165) is 25.7 Å². The first-order valence-corrected chi connectivity index (χ1v) is 5.83. The predicted octanol–water partition coefficient (Wildman–Crippen LogP) is 1.04. The third-order valence-electron chi connectivity index (χ3n) is 3.14. The van der Waals surface area contributed by atoms with Crippen molar-refractivity contribution in [3.63, 3.8) is 0 Å². The summed E-state index contributed by atoms with van der Waals surface area (Å²) >= 11 is 0. The molecule has 0 heterocycles. The van der Waals surface area contributed by atoms with E-state index in [-0.39, 0.29) is 24.8 Å². The zero-order chi connectivity index (χ0) is 10.4. The highest BCUT2D eigenvalue weighted by Crippen LogP contribution is 2.18. The molecule has 0 aromatic carbocycles. The van der Waals surface area contributed by atoms with Crippen LogP contribution in [0.4, 0.5) is 0 Å². The number of aliphatic hydroxyl groups is 2. The Balaban J connectivity index is 2.39. The molecule has 3 unspecified atom stereocenters. The van der Waals surface area contributed by atoms with Gasteiger partial charge in [-0.05, 0) is 19.3 Å². The lowest BCUT2D eigenvalue weighted by molar-refractivity contribution is 0.104. The Labute approximate surface area is 86.5 Å². The van der Waals surface area contributed by atoms with Gasteiger partial charge in [-0.15, -0.1) is 0 Å². The van der Waals surface area contributed by atoms with E-state index in [0.29, 0.717) is 0 Å². The first-order chi connectivity index (χ1) is 6.77. The first-order valence-electron chi connectivity index (χ1n) is 5.83. The molecule has 3 atom stereocenters. The van der Waals surface area contributed by atoms with Crippen molar-refractivity contribution < 1.29 is 10.2 Å². The fourth-order valence-corrected chi connectivity index (χ4v) is 2.08. The van der Waals surface area contributed by atoms with Crippen molar-refractivity contribution >= 4 is 0 Å². The summed E-state index contributed by atoms with van der Waals surface area (Å²) in [6.07, 6.45) is 6.19. The molecule has 0 aromatic heterocycles. The molecule has 3 heteroatoms. The quantitative estimate of drug-likeness (QED) is 0.596. The molecule has 1 aliphatic carbocycles. The minimum Gasteiger partial charge on any atom is -0.395 e. The lowest BCUT2D eigenvalue weighted by atomic mass is 10.0. The highest BCUT2D eigenvalue weighted by molar-refractivity contribution is 4.81. The van der Waals surface area contributed by atoms with Crippen LogP contribution in [0.15, 0.2) is 0 Å². The van der Waals surface area contributed by atoms with Gasteiger partial charge >= 0.3 is 0 Å². The van der Waals surface area contributed by atoms with Gasteiger partial charge in [0.05, 0.1) is 12.7 Å². The van der Waals surface area contributed by atoms with E-state index in [4.69, 9.17) is 5.11 Å². The molecule has 1 saturated carbocycles. The molecule has 1 fully saturated rings. The topological polar surface area (TPSA) is 52.5 Å². The molecular weight excluding hydrogens is 178 g/mol. The fourth-order valence-electron chi connectivity index (χ4n) is 2.08. The van der Waals surface area contributed by atoms with E-state index in [1.165, 1.54) is 12.8 Å². The molecule has 1 rings (SSSR count). The second-order valence-corrected chi connectivity index (χ2v) is 4.27. The van der Waals surface area contributed by atoms with Crippen molar-refractivity contribution in [2.45, 2.75) is 63.6 Å². The zero-order valence-corrected chi connectivity index (χ0v) is 9.08. The third-order valence-corrected chi connectivity index (χ3v) is 3.14. The number of nitrogens with one attached hydrogen (secondary N) is 1. The summed E-state index contributed by atoms with van der Waals surface area (Å²) in [6, 6.07) is 0.336. The van der Waals surface area contributed by atoms with Crippen LogP contribution < -0.4 is 5.32 Å². The molecule has 0 aromatic rings. The molecule has 14 heavy (non-hydrogen) atoms. The normalized spacial score (nSPS) is 31.1. The van der Waals surface area contributed by atoms with Gasteiger partial charge in [-0.2, -0.15) is 0 Å². The van der Waals surface area contributed by atoms with Gasteiger partial charge < -0.3 is 15.5 Å². The molecule has 0 radical (unpaired) electrons. The second-order valence-electron chi connectivity index (χ2n) is 4.27. The van der Waals surface area contributed by atoms with Crippen molar-refractivity contribution in [3.8, 4) is 0 Å². The highest BCUT2D eigenvalue weighted by Gasteiger charge is 2.23. The van der Waals surface area contributed by atoms with Gasteiger partial charge in [-0.3, -0.25) is 0 Å². The van der Waals surface area contributed by atoms with Gasteiger partial charge in [-0.25, -0.2) is 0 Å². The highest BCUT2D eigenvalue weighted by atomic mass is 16.3. The molecule has 0 bridgehead atoms. The first kappa shape index (κ1) is 12.0. The smallest absolute Gasteiger partial charge is 0.0693 e. The fraction of sp³-hybridized carbons (Fsp3) is 1.00. The van der Waals surface area contributed by atoms with Crippen molar-refractivity contribution in [2.75, 3.05) is 6.61 Å². The largest absolute Gasteiger partial charge is 0.395 e. The Bertz CT molecular complexity index is 148. The van der Waals surface area contributed by atoms with Gasteiger partial charge in [0.2, 0.25) is 0 Å². The summed E-state index contributed by atoms with van der Waals surface area (Å²) in [5, 5.41) is 22.3. The summed E-state index contributed by atoms with van der Waals surface area (Å²) in [7, 11) is 0. The average molecular weight is 201 g/mol. The Morgan fingerprint density at radius 2 is 2.00 bits per heavy atom. The summed E-state index contributed by atoms with van der Waals surface area (Å²) < 4.78 is 0. The molecule has 1 aliphatic rings. The summed E-state index contributed by atoms with van der Waals surface area (Å²) in [5.41, 5.74) is 0. The molecule has 0 aliphatic heterocycles. The summed E-state index contributed by atoms with van der Waals surface area (Å²) in [5.74, 6) is 0. The Kier molecular flexibility index (Phi) is 5.45. The van der Waals surface area contributed by atoms with Gasteiger partial charge in [0.1, 0.15) is 0 Å². The lowest BCUT2D eigenvalue weighted by Gasteiger charge is -2.26. The van der Waals surface area contributed by atoms with Gasteiger partial charge in [-0.1, -0.05) is 26.2 Å². The van der Waals surface area contributed by atoms with Crippen LogP contribution in [0.25, 0.3) is 0 Å². The molecule has 3 nitrogen and oxygen atoms in total. The summed E-state index contributed by atoms with van der Waals surface area (Å²) in [6.45, 7) is 2.22. The Hall–Kier alpha value is -0.120. The lowest BCUT2D eigenvalue weighted by Crippen LogP contribution is -2.46. The predicted molar refractivity (Wildman–Crippen MR) is 57.2 cm³/mol. The number of aliphatic hydroxyl groups excluding tert-OH is 2. The van der Waals surface area contributed by atoms with Gasteiger partial charge in [0, 0.05) is 12.1 Å². The third kappa shape index (κ3) is 3.56. The van der Waals surface area contributed by atoms with Crippen LogP contribution in [0.2, 0.25) is 0 Å². The van der Waals surface area contributed by atoms with Crippen LogP contribution >= 0.6 is 0 Å². The van der Waals surface area contributed by atoms with Crippen molar-refractivity contribution in [1.82, 2.24) is 5.32 Å². The standard InChI is InChI=1S/C11H23NO2/c1-2-9(8-13)12-10-6-4-3-5-7-11(10)14/h9-14H,2-8H2,1H3. The molecule has 0 amide bonds. The SMILES string of the molecule is CCC(CO)NC1CCCCCC1O. The van der Waals surface area contributed by atoms with Crippen molar-refractivity contribution in [1.29, 1.82) is 0 Å². The van der Waals surface area contributed by atoms with E-state index in [9.17, 15) is 5.11 Å². The number of rotatable bonds is 4. The zero-order valence-electron chi connectivity index (χ0n) is 9.08. The molecule has 84 valence electrons. The minimum atomic E-state index is -0.224. The Morgan fingerprint density at radius 3 is 2.64 bits per heavy atom. The number of hydrogen-bond donors (Lipinski definition) is 3. The van der Waals surface area contributed by atoms with Gasteiger partial charge in [0.25, 0.3) is 0 Å². The van der Waals surface area contributed by atoms with Crippen LogP contribution in [-0.4, -0.2) is 35.0 Å². The van der Waals surface area contributed by atoms with E-state index < -0.39 is 0 Å². The molecular formula is C11H23NO2. The van der Waals surface area contributed by atoms with Crippen molar-refractivity contribution in [3.05, 3.63) is 0 Å². The maximum Gasteiger partial charge on any atom is 0.0693 e. The maximum atomic E-state index is 9.84. The van der Waals surface area contributed by atoms with Crippen LogP contribution in [0.1, 0.15) is 45.4 Å². The van der Waals surface area contributed by atoms with Crippen LogP contribution in [0, 0.1) is 0 Å². The second kappa shape index (κ2) is 6.38. The molecule has 3 N–H and O–H groups in total. The Morgan fingerprint density at radius 1 is 1.29 bits per heavy atom. The van der Waals surface area contributed by atoms with Crippen LogP contribution in [0.3, 0.4) is 0 Å². The minimum absolute atomic E-state index is 0.146. The monoisotopic (exact) mass is 201 g/mol. The molecule has 0 spiro atoms. The van der Waals surface area contributed by atoms with E-state index in [1.807, 2.05) is 0 Å². The summed E-state index contributed by atoms with van der Waals surface area (Å²) in [4.78, 5) is 0. The average Bonchev–Trinajstić information content (AvgIpc) is 2.40. The molecule has 0 saturated heterocycles. The maximum absolute atomic E-state index is 9.84. The van der Waals surface area contributed by atoms with E-state index in [2.05, 4.69) is 12.2 Å². The van der Waals surface area contributed by atoms with Gasteiger partial charge in [0.15, 0.2) is 0 Å². The number of hydrogen-bond acceptors (Lipinski definition) is 3. The van der Waals surface area contributed by atoms with Crippen molar-refractivity contribution in [2.24, 2.45) is 0 Å². The van der Waals surface area contributed by atoms with E-state index in [1.54, 1.807) is 0 Å².